The van der Waals surface area contributed by atoms with E-state index in [1.165, 1.54) is 32.1 Å². The van der Waals surface area contributed by atoms with Gasteiger partial charge in [-0.25, -0.2) is 0 Å². The number of hydrogen-bond acceptors (Lipinski definition) is 1. The third-order valence-electron chi connectivity index (χ3n) is 2.99. The van der Waals surface area contributed by atoms with E-state index in [0.29, 0.717) is 0 Å². The fourth-order valence-electron chi connectivity index (χ4n) is 2.52. The summed E-state index contributed by atoms with van der Waals surface area (Å²) in [6, 6.07) is 0. The summed E-state index contributed by atoms with van der Waals surface area (Å²) in [5, 5.41) is 0. The Morgan fingerprint density at radius 2 is 1.92 bits per heavy atom. The number of hydrogen-bond donors (Lipinski definition) is 0. The summed E-state index contributed by atoms with van der Waals surface area (Å²) in [6.07, 6.45) is 6.74. The Morgan fingerprint density at radius 3 is 2.25 bits per heavy atom. The van der Waals surface area contributed by atoms with Crippen molar-refractivity contribution in [2.45, 2.75) is 37.7 Å². The molecule has 0 heterocycles. The zero-order valence-electron chi connectivity index (χ0n) is 6.77. The van der Waals surface area contributed by atoms with Gasteiger partial charge >= 0.3 is 97.5 Å². The second-order valence-corrected chi connectivity index (χ2v) is 27.8. The first kappa shape index (κ1) is 10.5. The van der Waals surface area contributed by atoms with E-state index in [1.54, 1.807) is 0 Å². The Morgan fingerprint density at radius 1 is 1.33 bits per heavy atom. The van der Waals surface area contributed by atoms with Gasteiger partial charge in [0, 0.05) is 0 Å². The van der Waals surface area contributed by atoms with E-state index < -0.39 is 3.11 Å². The molecule has 0 unspecified atom stereocenters. The van der Waals surface area contributed by atoms with Crippen molar-refractivity contribution < 1.29 is 4.52 Å². The summed E-state index contributed by atoms with van der Waals surface area (Å²) in [5.41, 5.74) is 0.281. The van der Waals surface area contributed by atoms with Crippen LogP contribution in [-0.2, 0) is 4.52 Å². The molecule has 0 aromatic heterocycles. The van der Waals surface area contributed by atoms with Crippen LogP contribution in [0.1, 0.15) is 32.1 Å². The van der Waals surface area contributed by atoms with Crippen LogP contribution in [0, 0.1) is 5.92 Å². The monoisotopic (exact) mass is 384 g/mol. The molecule has 0 spiro atoms. The molecule has 12 heavy (non-hydrogen) atoms. The van der Waals surface area contributed by atoms with Crippen LogP contribution >= 0.6 is 3.11 Å². The zero-order valence-corrected chi connectivity index (χ0v) is 13.1. The topological polar surface area (TPSA) is 9.23 Å². The van der Waals surface area contributed by atoms with Crippen LogP contribution < -0.4 is 0 Å². The quantitative estimate of drug-likeness (QED) is 0.512. The van der Waals surface area contributed by atoms with E-state index >= 15 is 0 Å². The van der Waals surface area contributed by atoms with Crippen molar-refractivity contribution in [1.29, 1.82) is 0 Å². The minimum atomic E-state index is -1.27. The molecule has 2 fully saturated rings. The zero-order chi connectivity index (χ0) is 8.82. The fourth-order valence-corrected chi connectivity index (χ4v) is 6.46. The first-order valence-corrected chi connectivity index (χ1v) is 13.1. The minimum absolute atomic E-state index is 0.281. The van der Waals surface area contributed by atoms with E-state index in [9.17, 15) is 0 Å². The van der Waals surface area contributed by atoms with Crippen LogP contribution in [-0.4, -0.2) is 51.8 Å². The molecular formula is C7H13OPSe3. The van der Waals surface area contributed by atoms with Crippen molar-refractivity contribution in [3.05, 3.63) is 0 Å². The molecule has 2 aliphatic rings. The Balaban J connectivity index is 2.08. The fraction of sp³-hybridized carbons (Fsp3) is 1.00. The predicted molar refractivity (Wildman–Crippen MR) is 57.4 cm³/mol. The van der Waals surface area contributed by atoms with Gasteiger partial charge in [-0.05, 0) is 0 Å². The standard InChI is InChI=1S/C7H13OPSe3/c10-9(11,12)8-7-3-1-6(5-7)2-4-7/h6H,1-5H2,(H2,10,11,12). The first-order valence-electron chi connectivity index (χ1n) is 4.25. The van der Waals surface area contributed by atoms with Crippen molar-refractivity contribution in [2.75, 3.05) is 0 Å². The molecule has 0 aromatic rings. The van der Waals surface area contributed by atoms with Crippen molar-refractivity contribution in [1.82, 2.24) is 0 Å². The van der Waals surface area contributed by atoms with E-state index in [0.717, 1.165) is 5.92 Å². The van der Waals surface area contributed by atoms with Gasteiger partial charge in [-0.2, -0.15) is 0 Å². The third kappa shape index (κ3) is 2.30. The van der Waals surface area contributed by atoms with Crippen LogP contribution in [0.3, 0.4) is 0 Å². The second-order valence-electron chi connectivity index (χ2n) is 3.91. The SMILES string of the molecule is [Se]=P([SeH])([SeH])OC12CCC(CC1)C2. The Kier molecular flexibility index (Phi) is 3.06. The van der Waals surface area contributed by atoms with Crippen LogP contribution in [0.25, 0.3) is 0 Å². The van der Waals surface area contributed by atoms with Crippen molar-refractivity contribution in [3.8, 4) is 0 Å². The molecule has 2 rings (SSSR count). The molecule has 0 N–H and O–H groups in total. The van der Waals surface area contributed by atoms with Gasteiger partial charge in [0.1, 0.15) is 0 Å². The molecule has 5 heteroatoms. The molecule has 0 aromatic carbocycles. The second kappa shape index (κ2) is 3.51. The molecule has 0 amide bonds. The summed E-state index contributed by atoms with van der Waals surface area (Å²) in [5.74, 6) is 0.983. The molecule has 0 aliphatic heterocycles. The Labute approximate surface area is 96.9 Å². The van der Waals surface area contributed by atoms with Crippen molar-refractivity contribution >= 4 is 49.4 Å². The molecule has 2 aliphatic carbocycles. The number of fused-ring (bicyclic) bond motifs is 2. The molecule has 0 radical (unpaired) electrons. The van der Waals surface area contributed by atoms with Crippen LogP contribution in [0.5, 0.6) is 0 Å². The average Bonchev–Trinajstić information content (AvgIpc) is 2.40. The van der Waals surface area contributed by atoms with E-state index in [4.69, 9.17) is 4.52 Å². The van der Waals surface area contributed by atoms with Gasteiger partial charge in [-0.1, -0.05) is 0 Å². The van der Waals surface area contributed by atoms with Crippen molar-refractivity contribution in [2.24, 2.45) is 5.92 Å². The Hall–Kier alpha value is 1.95. The number of rotatable bonds is 2. The summed E-state index contributed by atoms with van der Waals surface area (Å²) in [6.45, 7) is 0. The molecule has 0 atom stereocenters. The summed E-state index contributed by atoms with van der Waals surface area (Å²) in [7, 11) is 0. The Bertz CT molecular complexity index is 229. The van der Waals surface area contributed by atoms with Gasteiger partial charge in [0.2, 0.25) is 0 Å². The van der Waals surface area contributed by atoms with Gasteiger partial charge in [0.05, 0.1) is 0 Å². The average molecular weight is 381 g/mol. The predicted octanol–water partition coefficient (Wildman–Crippen LogP) is 0.983. The van der Waals surface area contributed by atoms with E-state index in [1.807, 2.05) is 0 Å². The van der Waals surface area contributed by atoms with Crippen LogP contribution in [0.15, 0.2) is 0 Å². The summed E-state index contributed by atoms with van der Waals surface area (Å²) in [4.78, 5) is 0. The van der Waals surface area contributed by atoms with E-state index in [2.05, 4.69) is 46.2 Å². The normalized spacial score (nSPS) is 40.7. The first-order chi connectivity index (χ1) is 5.49. The maximum absolute atomic E-state index is 6.18. The van der Waals surface area contributed by atoms with Crippen LogP contribution in [0.2, 0.25) is 0 Å². The summed E-state index contributed by atoms with van der Waals surface area (Å²) < 4.78 is 4.91. The van der Waals surface area contributed by atoms with Gasteiger partial charge in [-0.3, -0.25) is 0 Å². The molecule has 1 nitrogen and oxygen atoms in total. The van der Waals surface area contributed by atoms with Gasteiger partial charge < -0.3 is 0 Å². The van der Waals surface area contributed by atoms with Crippen LogP contribution in [0.4, 0.5) is 0 Å². The van der Waals surface area contributed by atoms with Gasteiger partial charge in [0.25, 0.3) is 0 Å². The van der Waals surface area contributed by atoms with Gasteiger partial charge in [-0.15, -0.1) is 0 Å². The van der Waals surface area contributed by atoms with Crippen molar-refractivity contribution in [3.63, 3.8) is 0 Å². The maximum atomic E-state index is 6.18. The molecular weight excluding hydrogens is 368 g/mol. The molecule has 0 saturated heterocycles. The van der Waals surface area contributed by atoms with E-state index in [-0.39, 0.29) is 5.60 Å². The van der Waals surface area contributed by atoms with Gasteiger partial charge in [0.15, 0.2) is 0 Å². The molecule has 2 saturated carbocycles. The molecule has 70 valence electrons. The summed E-state index contributed by atoms with van der Waals surface area (Å²) >= 11 is 8.48. The third-order valence-corrected chi connectivity index (χ3v) is 5.11. The molecule has 2 bridgehead atoms.